The topological polar surface area (TPSA) is 18.5 Å². The average Bonchev–Trinajstić information content (AvgIpc) is 3.17. The molecular weight excluding hydrogens is 356 g/mol. The lowest BCUT2D eigenvalue weighted by atomic mass is 9.63. The first-order valence-corrected chi connectivity index (χ1v) is 9.98. The molecule has 0 aliphatic carbocycles. The van der Waals surface area contributed by atoms with Crippen LogP contribution in [0.15, 0.2) is 120 Å². The van der Waals surface area contributed by atoms with Gasteiger partial charge < -0.3 is 9.47 Å². The van der Waals surface area contributed by atoms with E-state index in [1.165, 1.54) is 0 Å². The fourth-order valence-corrected chi connectivity index (χ4v) is 4.73. The molecule has 1 saturated heterocycles. The van der Waals surface area contributed by atoms with E-state index in [9.17, 15) is 0 Å². The Hall–Kier alpha value is -3.26. The van der Waals surface area contributed by atoms with E-state index in [4.69, 9.17) is 9.47 Å². The Kier molecular flexibility index (Phi) is 4.79. The highest BCUT2D eigenvalue weighted by molar-refractivity contribution is 5.66. The minimum absolute atomic E-state index is 0.651. The van der Waals surface area contributed by atoms with E-state index in [2.05, 4.69) is 61.2 Å². The van der Waals surface area contributed by atoms with Crippen LogP contribution in [0.4, 0.5) is 0 Å². The van der Waals surface area contributed by atoms with Crippen LogP contribution in [-0.4, -0.2) is 0 Å². The monoisotopic (exact) mass is 382 g/mol. The Balaban J connectivity index is 2.19. The number of rotatable bonds is 4. The molecule has 4 rings (SSSR count). The lowest BCUT2D eigenvalue weighted by Crippen LogP contribution is -2.45. The van der Waals surface area contributed by atoms with Gasteiger partial charge in [0.05, 0.1) is 0 Å². The van der Waals surface area contributed by atoms with Gasteiger partial charge in [-0.15, -0.1) is 0 Å². The molecule has 0 bridgehead atoms. The molecule has 0 N–H and O–H groups in total. The van der Waals surface area contributed by atoms with Gasteiger partial charge in [-0.1, -0.05) is 91.5 Å². The molecule has 2 unspecified atom stereocenters. The molecule has 2 aromatic rings. The van der Waals surface area contributed by atoms with Gasteiger partial charge in [0.1, 0.15) is 16.9 Å². The van der Waals surface area contributed by atoms with E-state index in [1.807, 2.05) is 57.2 Å². The molecule has 2 aliphatic heterocycles. The van der Waals surface area contributed by atoms with Crippen molar-refractivity contribution in [2.24, 2.45) is 0 Å². The second-order valence-corrected chi connectivity index (χ2v) is 7.24. The van der Waals surface area contributed by atoms with Crippen LogP contribution in [0.2, 0.25) is 0 Å². The summed E-state index contributed by atoms with van der Waals surface area (Å²) < 4.78 is 13.4. The zero-order valence-corrected chi connectivity index (χ0v) is 17.2. The number of fused-ring (bicyclic) bond motifs is 1. The Bertz CT molecular complexity index is 1040. The van der Waals surface area contributed by atoms with Gasteiger partial charge in [0.2, 0.25) is 0 Å². The summed E-state index contributed by atoms with van der Waals surface area (Å²) in [5.74, 6) is 0.652. The molecule has 1 fully saturated rings. The highest BCUT2D eigenvalue weighted by Gasteiger charge is 2.71. The third-order valence-electron chi connectivity index (χ3n) is 5.74. The molecular formula is C27H26O2. The van der Waals surface area contributed by atoms with Crippen LogP contribution in [-0.2, 0) is 20.7 Å². The van der Waals surface area contributed by atoms with Crippen LogP contribution in [0.3, 0.4) is 0 Å². The Labute approximate surface area is 173 Å². The van der Waals surface area contributed by atoms with Crippen LogP contribution in [0.5, 0.6) is 0 Å². The lowest BCUT2D eigenvalue weighted by Gasteiger charge is -2.39. The quantitative estimate of drug-likeness (QED) is 0.585. The van der Waals surface area contributed by atoms with Crippen molar-refractivity contribution in [3.63, 3.8) is 0 Å². The van der Waals surface area contributed by atoms with Gasteiger partial charge in [0.15, 0.2) is 0 Å². The average molecular weight is 383 g/mol. The summed E-state index contributed by atoms with van der Waals surface area (Å²) in [6.07, 6.45) is 10.1. The van der Waals surface area contributed by atoms with Crippen LogP contribution < -0.4 is 0 Å². The van der Waals surface area contributed by atoms with Crippen molar-refractivity contribution in [3.05, 3.63) is 131 Å². The molecule has 0 aromatic heterocycles. The van der Waals surface area contributed by atoms with Gasteiger partial charge in [-0.3, -0.25) is 0 Å². The first-order chi connectivity index (χ1) is 14.2. The van der Waals surface area contributed by atoms with Gasteiger partial charge in [0, 0.05) is 16.7 Å². The summed E-state index contributed by atoms with van der Waals surface area (Å²) in [5.41, 5.74) is 3.60. The maximum Gasteiger partial charge on any atom is 0.295 e. The van der Waals surface area contributed by atoms with E-state index in [-0.39, 0.29) is 0 Å². The Morgan fingerprint density at radius 2 is 1.48 bits per heavy atom. The largest absolute Gasteiger partial charge is 0.451 e. The highest BCUT2D eigenvalue weighted by Crippen LogP contribution is 2.67. The van der Waals surface area contributed by atoms with E-state index in [0.717, 1.165) is 33.8 Å². The van der Waals surface area contributed by atoms with Crippen molar-refractivity contribution in [3.8, 4) is 0 Å². The number of ether oxygens (including phenoxy) is 2. The number of hydrogen-bond donors (Lipinski definition) is 0. The summed E-state index contributed by atoms with van der Waals surface area (Å²) in [7, 11) is 0. The summed E-state index contributed by atoms with van der Waals surface area (Å²) in [4.78, 5) is 0. The fraction of sp³-hybridized carbons (Fsp3) is 0.185. The maximum absolute atomic E-state index is 6.73. The van der Waals surface area contributed by atoms with Crippen molar-refractivity contribution >= 4 is 0 Å². The van der Waals surface area contributed by atoms with Crippen LogP contribution >= 0.6 is 0 Å². The molecule has 29 heavy (non-hydrogen) atoms. The predicted molar refractivity (Wildman–Crippen MR) is 118 cm³/mol. The van der Waals surface area contributed by atoms with Crippen LogP contribution in [0.25, 0.3) is 0 Å². The first kappa shape index (κ1) is 19.1. The molecule has 2 aromatic carbocycles. The minimum atomic E-state index is -1.02. The molecule has 0 amide bonds. The lowest BCUT2D eigenvalue weighted by molar-refractivity contribution is -0.188. The zero-order chi connectivity index (χ0) is 20.5. The van der Waals surface area contributed by atoms with Crippen molar-refractivity contribution in [1.29, 1.82) is 0 Å². The third kappa shape index (κ3) is 2.49. The second kappa shape index (κ2) is 7.29. The van der Waals surface area contributed by atoms with Gasteiger partial charge in [-0.05, 0) is 32.4 Å². The molecule has 0 saturated carbocycles. The fourth-order valence-electron chi connectivity index (χ4n) is 4.73. The van der Waals surface area contributed by atoms with E-state index < -0.39 is 11.2 Å². The summed E-state index contributed by atoms with van der Waals surface area (Å²) >= 11 is 0. The number of benzene rings is 2. The van der Waals surface area contributed by atoms with E-state index in [0.29, 0.717) is 0 Å². The Morgan fingerprint density at radius 3 is 2.03 bits per heavy atom. The molecule has 2 nitrogen and oxygen atoms in total. The van der Waals surface area contributed by atoms with Crippen molar-refractivity contribution in [2.75, 3.05) is 0 Å². The third-order valence-corrected chi connectivity index (χ3v) is 5.74. The summed E-state index contributed by atoms with van der Waals surface area (Å²) in [6.45, 7) is 10.0. The maximum atomic E-state index is 6.73. The second-order valence-electron chi connectivity index (χ2n) is 7.24. The molecule has 2 atom stereocenters. The van der Waals surface area contributed by atoms with Gasteiger partial charge in [-0.2, -0.15) is 0 Å². The molecule has 0 spiro atoms. The standard InChI is InChI=1S/C27H26O2/c1-5-14-23-20(4)28-27(22-18-12-9-13-19-22)26(23,21-16-10-8-11-17-21)24(15-6-2)25(7-3)29-27/h5-19H,2H2,1,3-4H3/b14-5-,24-15?,25-7+. The normalized spacial score (nSPS) is 28.7. The zero-order valence-electron chi connectivity index (χ0n) is 17.2. The Morgan fingerprint density at radius 1 is 0.862 bits per heavy atom. The molecule has 2 heteroatoms. The number of hydrogen-bond acceptors (Lipinski definition) is 2. The minimum Gasteiger partial charge on any atom is -0.451 e. The van der Waals surface area contributed by atoms with Crippen molar-refractivity contribution in [1.82, 2.24) is 0 Å². The van der Waals surface area contributed by atoms with Crippen molar-refractivity contribution < 1.29 is 9.47 Å². The van der Waals surface area contributed by atoms with E-state index in [1.54, 1.807) is 0 Å². The predicted octanol–water partition coefficient (Wildman–Crippen LogP) is 6.70. The van der Waals surface area contributed by atoms with Gasteiger partial charge in [0.25, 0.3) is 5.79 Å². The SMILES string of the molecule is C=CC=C1/C(=C\C)OC2(c3ccccc3)OC(C)=C(/C=C\C)C12c1ccccc1. The first-order valence-electron chi connectivity index (χ1n) is 9.98. The smallest absolute Gasteiger partial charge is 0.295 e. The number of allylic oxidation sites excluding steroid dienone is 7. The molecule has 146 valence electrons. The van der Waals surface area contributed by atoms with Gasteiger partial charge >= 0.3 is 0 Å². The molecule has 2 aliphatic rings. The summed E-state index contributed by atoms with van der Waals surface area (Å²) in [5, 5.41) is 0. The van der Waals surface area contributed by atoms with Gasteiger partial charge in [-0.25, -0.2) is 0 Å². The van der Waals surface area contributed by atoms with Crippen LogP contribution in [0.1, 0.15) is 31.9 Å². The van der Waals surface area contributed by atoms with Crippen molar-refractivity contribution in [2.45, 2.75) is 32.0 Å². The molecule has 0 radical (unpaired) electrons. The highest BCUT2D eigenvalue weighted by atomic mass is 16.7. The molecule has 2 heterocycles. The van der Waals surface area contributed by atoms with E-state index >= 15 is 0 Å². The van der Waals surface area contributed by atoms with Crippen LogP contribution in [0, 0.1) is 0 Å². The summed E-state index contributed by atoms with van der Waals surface area (Å²) in [6, 6.07) is 20.7.